The first-order valence-electron chi connectivity index (χ1n) is 5.00. The van der Waals surface area contributed by atoms with E-state index in [0.29, 0.717) is 6.54 Å². The zero-order chi connectivity index (χ0) is 13.0. The minimum atomic E-state index is -0.831. The van der Waals surface area contributed by atoms with Crippen LogP contribution in [0.3, 0.4) is 0 Å². The van der Waals surface area contributed by atoms with Gasteiger partial charge in [0.2, 0.25) is 0 Å². The molecule has 7 heteroatoms. The number of nitro groups is 1. The highest BCUT2D eigenvalue weighted by molar-refractivity contribution is 6.31. The third-order valence-corrected chi connectivity index (χ3v) is 2.60. The lowest BCUT2D eigenvalue weighted by Gasteiger charge is -2.21. The molecule has 0 bridgehead atoms. The standard InChI is InChI=1S/C10H12ClFN2O3/c1-2-13(3-4-15)9-5-7(11)8(12)6-10(9)14(16)17/h5-6,15H,2-4H2,1H3. The molecule has 1 aromatic rings. The summed E-state index contributed by atoms with van der Waals surface area (Å²) in [5.74, 6) is -0.831. The van der Waals surface area contributed by atoms with Crippen LogP contribution in [-0.2, 0) is 0 Å². The van der Waals surface area contributed by atoms with Gasteiger partial charge in [0.15, 0.2) is 0 Å². The Balaban J connectivity index is 3.28. The summed E-state index contributed by atoms with van der Waals surface area (Å²) >= 11 is 5.60. The van der Waals surface area contributed by atoms with Crippen LogP contribution in [0.5, 0.6) is 0 Å². The molecule has 0 spiro atoms. The molecule has 1 N–H and O–H groups in total. The van der Waals surface area contributed by atoms with E-state index < -0.39 is 10.7 Å². The summed E-state index contributed by atoms with van der Waals surface area (Å²) < 4.78 is 13.2. The largest absolute Gasteiger partial charge is 0.395 e. The van der Waals surface area contributed by atoms with Gasteiger partial charge in [-0.2, -0.15) is 0 Å². The summed E-state index contributed by atoms with van der Waals surface area (Å²) in [4.78, 5) is 11.7. The van der Waals surface area contributed by atoms with E-state index in [9.17, 15) is 14.5 Å². The summed E-state index contributed by atoms with van der Waals surface area (Å²) in [6.07, 6.45) is 0. The van der Waals surface area contributed by atoms with Crippen LogP contribution >= 0.6 is 11.6 Å². The van der Waals surface area contributed by atoms with Gasteiger partial charge in [0.05, 0.1) is 22.6 Å². The molecule has 0 fully saturated rings. The predicted molar refractivity (Wildman–Crippen MR) is 63.0 cm³/mol. The van der Waals surface area contributed by atoms with Crippen LogP contribution in [0, 0.1) is 15.9 Å². The van der Waals surface area contributed by atoms with E-state index in [1.54, 1.807) is 11.8 Å². The highest BCUT2D eigenvalue weighted by atomic mass is 35.5. The predicted octanol–water partition coefficient (Wildman–Crippen LogP) is 2.21. The Kier molecular flexibility index (Phi) is 4.65. The third-order valence-electron chi connectivity index (χ3n) is 2.31. The molecular weight excluding hydrogens is 251 g/mol. The first-order chi connectivity index (χ1) is 8.01. The zero-order valence-corrected chi connectivity index (χ0v) is 9.95. The minimum absolute atomic E-state index is 0.153. The van der Waals surface area contributed by atoms with Gasteiger partial charge >= 0.3 is 0 Å². The molecule has 94 valence electrons. The monoisotopic (exact) mass is 262 g/mol. The van der Waals surface area contributed by atoms with Gasteiger partial charge in [-0.05, 0) is 13.0 Å². The van der Waals surface area contributed by atoms with Crippen molar-refractivity contribution >= 4 is 23.0 Å². The molecule has 0 heterocycles. The van der Waals surface area contributed by atoms with Gasteiger partial charge < -0.3 is 10.0 Å². The smallest absolute Gasteiger partial charge is 0.295 e. The summed E-state index contributed by atoms with van der Waals surface area (Å²) in [5, 5.41) is 19.5. The van der Waals surface area contributed by atoms with Crippen molar-refractivity contribution in [2.24, 2.45) is 0 Å². The maximum atomic E-state index is 13.2. The molecule has 0 radical (unpaired) electrons. The number of benzene rings is 1. The maximum Gasteiger partial charge on any atom is 0.295 e. The van der Waals surface area contributed by atoms with E-state index in [0.717, 1.165) is 6.07 Å². The van der Waals surface area contributed by atoms with E-state index in [2.05, 4.69) is 0 Å². The van der Waals surface area contributed by atoms with Crippen molar-refractivity contribution in [1.29, 1.82) is 0 Å². The third kappa shape index (κ3) is 3.04. The lowest BCUT2D eigenvalue weighted by molar-refractivity contribution is -0.384. The molecule has 0 saturated heterocycles. The van der Waals surface area contributed by atoms with Gasteiger partial charge in [-0.15, -0.1) is 0 Å². The fourth-order valence-electron chi connectivity index (χ4n) is 1.49. The SMILES string of the molecule is CCN(CCO)c1cc(Cl)c(F)cc1[N+](=O)[O-]. The molecule has 17 heavy (non-hydrogen) atoms. The summed E-state index contributed by atoms with van der Waals surface area (Å²) in [5.41, 5.74) is -0.153. The number of hydrogen-bond acceptors (Lipinski definition) is 4. The van der Waals surface area contributed by atoms with Crippen LogP contribution < -0.4 is 4.90 Å². The van der Waals surface area contributed by atoms with Gasteiger partial charge in [-0.25, -0.2) is 4.39 Å². The second kappa shape index (κ2) is 5.79. The Hall–Kier alpha value is -1.40. The van der Waals surface area contributed by atoms with Crippen LogP contribution in [0.25, 0.3) is 0 Å². The second-order valence-electron chi connectivity index (χ2n) is 3.32. The number of anilines is 1. The van der Waals surface area contributed by atoms with Crippen molar-refractivity contribution in [3.63, 3.8) is 0 Å². The van der Waals surface area contributed by atoms with E-state index >= 15 is 0 Å². The molecule has 0 amide bonds. The van der Waals surface area contributed by atoms with Gasteiger partial charge in [0.25, 0.3) is 5.69 Å². The molecule has 1 aromatic carbocycles. The van der Waals surface area contributed by atoms with Crippen molar-refractivity contribution in [3.8, 4) is 0 Å². The van der Waals surface area contributed by atoms with Gasteiger partial charge in [0, 0.05) is 13.1 Å². The molecule has 5 nitrogen and oxygen atoms in total. The normalized spacial score (nSPS) is 10.4. The first kappa shape index (κ1) is 13.7. The van der Waals surface area contributed by atoms with Crippen LogP contribution in [0.4, 0.5) is 15.8 Å². The first-order valence-corrected chi connectivity index (χ1v) is 5.38. The Bertz CT molecular complexity index is 428. The fraction of sp³-hybridized carbons (Fsp3) is 0.400. The molecule has 0 aliphatic carbocycles. The second-order valence-corrected chi connectivity index (χ2v) is 3.72. The number of aliphatic hydroxyl groups is 1. The Morgan fingerprint density at radius 3 is 2.71 bits per heavy atom. The summed E-state index contributed by atoms with van der Waals surface area (Å²) in [6.45, 7) is 2.29. The molecule has 0 aliphatic heterocycles. The number of nitro benzene ring substituents is 1. The molecular formula is C10H12ClFN2O3. The van der Waals surface area contributed by atoms with Crippen LogP contribution in [0.1, 0.15) is 6.92 Å². The Morgan fingerprint density at radius 1 is 1.59 bits per heavy atom. The van der Waals surface area contributed by atoms with E-state index in [1.807, 2.05) is 0 Å². The van der Waals surface area contributed by atoms with Crippen LogP contribution in [-0.4, -0.2) is 29.7 Å². The van der Waals surface area contributed by atoms with Crippen molar-refractivity contribution in [2.75, 3.05) is 24.6 Å². The van der Waals surface area contributed by atoms with Crippen molar-refractivity contribution in [2.45, 2.75) is 6.92 Å². The lowest BCUT2D eigenvalue weighted by atomic mass is 10.2. The van der Waals surface area contributed by atoms with E-state index in [4.69, 9.17) is 16.7 Å². The van der Waals surface area contributed by atoms with Gasteiger partial charge in [0.1, 0.15) is 11.5 Å². The lowest BCUT2D eigenvalue weighted by Crippen LogP contribution is -2.27. The zero-order valence-electron chi connectivity index (χ0n) is 9.19. The van der Waals surface area contributed by atoms with Gasteiger partial charge in [-0.3, -0.25) is 10.1 Å². The highest BCUT2D eigenvalue weighted by Gasteiger charge is 2.21. The van der Waals surface area contributed by atoms with E-state index in [1.165, 1.54) is 6.07 Å². The minimum Gasteiger partial charge on any atom is -0.395 e. The molecule has 0 unspecified atom stereocenters. The average Bonchev–Trinajstić information content (AvgIpc) is 2.29. The van der Waals surface area contributed by atoms with E-state index in [-0.39, 0.29) is 29.5 Å². The molecule has 0 aliphatic rings. The number of rotatable bonds is 5. The summed E-state index contributed by atoms with van der Waals surface area (Å²) in [7, 11) is 0. The fourth-order valence-corrected chi connectivity index (χ4v) is 1.65. The quantitative estimate of drug-likeness (QED) is 0.653. The van der Waals surface area contributed by atoms with Crippen molar-refractivity contribution in [1.82, 2.24) is 0 Å². The molecule has 0 atom stereocenters. The number of nitrogens with zero attached hydrogens (tertiary/aromatic N) is 2. The average molecular weight is 263 g/mol. The van der Waals surface area contributed by atoms with Crippen molar-refractivity contribution < 1.29 is 14.4 Å². The number of aliphatic hydroxyl groups excluding tert-OH is 1. The Morgan fingerprint density at radius 2 is 2.24 bits per heavy atom. The van der Waals surface area contributed by atoms with Crippen LogP contribution in [0.15, 0.2) is 12.1 Å². The molecule has 1 rings (SSSR count). The number of hydrogen-bond donors (Lipinski definition) is 1. The molecule has 0 aromatic heterocycles. The number of halogens is 2. The van der Waals surface area contributed by atoms with Crippen molar-refractivity contribution in [3.05, 3.63) is 33.1 Å². The molecule has 0 saturated carbocycles. The Labute approximate surface area is 103 Å². The summed E-state index contributed by atoms with van der Waals surface area (Å²) in [6, 6.07) is 1.99. The van der Waals surface area contributed by atoms with Crippen LogP contribution in [0.2, 0.25) is 5.02 Å². The van der Waals surface area contributed by atoms with Gasteiger partial charge in [-0.1, -0.05) is 11.6 Å². The topological polar surface area (TPSA) is 66.6 Å². The highest BCUT2D eigenvalue weighted by Crippen LogP contribution is 2.32. The number of likely N-dealkylation sites (N-methyl/N-ethyl adjacent to an activating group) is 1. The maximum absolute atomic E-state index is 13.2.